The van der Waals surface area contributed by atoms with Gasteiger partial charge in [-0.2, -0.15) is 0 Å². The molecule has 2 N–H and O–H groups in total. The van der Waals surface area contributed by atoms with Gasteiger partial charge in [0.2, 0.25) is 0 Å². The van der Waals surface area contributed by atoms with Crippen molar-refractivity contribution >= 4 is 17.3 Å². The lowest BCUT2D eigenvalue weighted by molar-refractivity contribution is 0.628. The maximum absolute atomic E-state index is 13.1. The number of nitrogens with two attached hydrogens (primary N) is 1. The minimum absolute atomic E-state index is 0.283. The second-order valence-corrected chi connectivity index (χ2v) is 3.75. The van der Waals surface area contributed by atoms with Crippen molar-refractivity contribution in [2.75, 3.05) is 17.7 Å². The van der Waals surface area contributed by atoms with Gasteiger partial charge in [-0.15, -0.1) is 0 Å². The van der Waals surface area contributed by atoms with Crippen LogP contribution in [0.1, 0.15) is 5.56 Å². The van der Waals surface area contributed by atoms with E-state index in [-0.39, 0.29) is 5.82 Å². The summed E-state index contributed by atoms with van der Waals surface area (Å²) in [7, 11) is 1.81. The maximum Gasteiger partial charge on any atom is 0.141 e. The lowest BCUT2D eigenvalue weighted by atomic mass is 10.2. The zero-order chi connectivity index (χ0) is 12.4. The lowest BCUT2D eigenvalue weighted by Crippen LogP contribution is -2.14. The molecule has 2 rings (SSSR count). The van der Waals surface area contributed by atoms with E-state index in [2.05, 4.69) is 9.97 Å². The summed E-state index contributed by atoms with van der Waals surface area (Å²) in [5.41, 5.74) is 7.21. The Morgan fingerprint density at radius 1 is 1.29 bits per heavy atom. The Morgan fingerprint density at radius 2 is 2.06 bits per heavy atom. The number of hydrogen-bond donors (Lipinski definition) is 1. The smallest absolute Gasteiger partial charge is 0.141 e. The third-order valence-corrected chi connectivity index (χ3v) is 2.61. The molecule has 1 heterocycles. The second-order valence-electron chi connectivity index (χ2n) is 3.75. The molecule has 0 atom stereocenters. The third kappa shape index (κ3) is 2.18. The van der Waals surface area contributed by atoms with Crippen molar-refractivity contribution < 1.29 is 4.39 Å². The Hall–Kier alpha value is -2.17. The molecule has 0 spiro atoms. The summed E-state index contributed by atoms with van der Waals surface area (Å²) in [6.07, 6.45) is 1.40. The standard InChI is InChI=1S/C12H13FN4/c1-8-11(14)15-7-16-12(8)17(2)10-5-3-4-9(13)6-10/h3-7H,1-2H3,(H2,14,15,16). The highest BCUT2D eigenvalue weighted by atomic mass is 19.1. The molecule has 5 heteroatoms. The Bertz CT molecular complexity index is 542. The molecule has 4 nitrogen and oxygen atoms in total. The summed E-state index contributed by atoms with van der Waals surface area (Å²) in [6.45, 7) is 1.83. The largest absolute Gasteiger partial charge is 0.383 e. The first-order chi connectivity index (χ1) is 8.09. The lowest BCUT2D eigenvalue weighted by Gasteiger charge is -2.20. The first kappa shape index (κ1) is 11.3. The van der Waals surface area contributed by atoms with Crippen LogP contribution in [0.15, 0.2) is 30.6 Å². The van der Waals surface area contributed by atoms with Gasteiger partial charge in [0.05, 0.1) is 0 Å². The van der Waals surface area contributed by atoms with E-state index in [1.54, 1.807) is 17.0 Å². The second kappa shape index (κ2) is 4.37. The number of hydrogen-bond acceptors (Lipinski definition) is 4. The molecule has 0 aliphatic heterocycles. The fourth-order valence-corrected chi connectivity index (χ4v) is 1.60. The molecular weight excluding hydrogens is 219 g/mol. The molecule has 0 unspecified atom stereocenters. The van der Waals surface area contributed by atoms with Gasteiger partial charge in [-0.3, -0.25) is 0 Å². The fraction of sp³-hybridized carbons (Fsp3) is 0.167. The summed E-state index contributed by atoms with van der Waals surface area (Å²) < 4.78 is 13.1. The van der Waals surface area contributed by atoms with Gasteiger partial charge in [-0.25, -0.2) is 14.4 Å². The number of aromatic nitrogens is 2. The van der Waals surface area contributed by atoms with Crippen molar-refractivity contribution in [2.45, 2.75) is 6.92 Å². The van der Waals surface area contributed by atoms with Crippen LogP contribution >= 0.6 is 0 Å². The number of halogens is 1. The highest BCUT2D eigenvalue weighted by Gasteiger charge is 2.11. The SMILES string of the molecule is Cc1c(N)ncnc1N(C)c1cccc(F)c1. The van der Waals surface area contributed by atoms with E-state index in [1.807, 2.05) is 14.0 Å². The quantitative estimate of drug-likeness (QED) is 0.863. The molecular formula is C12H13FN4. The van der Waals surface area contributed by atoms with E-state index in [9.17, 15) is 4.39 Å². The van der Waals surface area contributed by atoms with Crippen molar-refractivity contribution in [1.82, 2.24) is 9.97 Å². The molecule has 0 bridgehead atoms. The van der Waals surface area contributed by atoms with Crippen molar-refractivity contribution in [3.05, 3.63) is 42.0 Å². The van der Waals surface area contributed by atoms with Gasteiger partial charge < -0.3 is 10.6 Å². The molecule has 1 aromatic heterocycles. The molecule has 1 aromatic carbocycles. The summed E-state index contributed by atoms with van der Waals surface area (Å²) in [6, 6.07) is 6.30. The van der Waals surface area contributed by atoms with Gasteiger partial charge in [-0.05, 0) is 25.1 Å². The Balaban J connectivity index is 2.44. The van der Waals surface area contributed by atoms with E-state index < -0.39 is 0 Å². The molecule has 2 aromatic rings. The highest BCUT2D eigenvalue weighted by molar-refractivity contribution is 5.65. The molecule has 0 aliphatic carbocycles. The van der Waals surface area contributed by atoms with Crippen molar-refractivity contribution in [3.63, 3.8) is 0 Å². The monoisotopic (exact) mass is 232 g/mol. The highest BCUT2D eigenvalue weighted by Crippen LogP contribution is 2.26. The zero-order valence-electron chi connectivity index (χ0n) is 9.68. The van der Waals surface area contributed by atoms with E-state index in [1.165, 1.54) is 18.5 Å². The molecule has 0 amide bonds. The molecule has 0 radical (unpaired) electrons. The van der Waals surface area contributed by atoms with Crippen LogP contribution in [-0.2, 0) is 0 Å². The predicted octanol–water partition coefficient (Wildman–Crippen LogP) is 2.27. The van der Waals surface area contributed by atoms with Crippen LogP contribution < -0.4 is 10.6 Å². The van der Waals surface area contributed by atoms with Crippen LogP contribution in [-0.4, -0.2) is 17.0 Å². The van der Waals surface area contributed by atoms with Gasteiger partial charge in [0.15, 0.2) is 0 Å². The first-order valence-corrected chi connectivity index (χ1v) is 5.16. The van der Waals surface area contributed by atoms with Crippen molar-refractivity contribution in [1.29, 1.82) is 0 Å². The third-order valence-electron chi connectivity index (χ3n) is 2.61. The number of anilines is 3. The first-order valence-electron chi connectivity index (χ1n) is 5.16. The molecule has 88 valence electrons. The number of nitrogens with zero attached hydrogens (tertiary/aromatic N) is 3. The van der Waals surface area contributed by atoms with Crippen LogP contribution in [0, 0.1) is 12.7 Å². The van der Waals surface area contributed by atoms with Crippen LogP contribution in [0.5, 0.6) is 0 Å². The molecule has 0 saturated heterocycles. The van der Waals surface area contributed by atoms with Gasteiger partial charge in [0, 0.05) is 18.3 Å². The van der Waals surface area contributed by atoms with E-state index in [0.717, 1.165) is 5.56 Å². The van der Waals surface area contributed by atoms with Gasteiger partial charge in [-0.1, -0.05) is 6.07 Å². The van der Waals surface area contributed by atoms with Gasteiger partial charge >= 0.3 is 0 Å². The number of nitrogen functional groups attached to an aromatic ring is 1. The van der Waals surface area contributed by atoms with Crippen LogP contribution in [0.25, 0.3) is 0 Å². The fourth-order valence-electron chi connectivity index (χ4n) is 1.60. The summed E-state index contributed by atoms with van der Waals surface area (Å²) in [5, 5.41) is 0. The van der Waals surface area contributed by atoms with Crippen LogP contribution in [0.3, 0.4) is 0 Å². The molecule has 17 heavy (non-hydrogen) atoms. The Morgan fingerprint density at radius 3 is 2.76 bits per heavy atom. The van der Waals surface area contributed by atoms with E-state index in [0.29, 0.717) is 17.3 Å². The normalized spacial score (nSPS) is 10.3. The average molecular weight is 232 g/mol. The average Bonchev–Trinajstić information content (AvgIpc) is 2.32. The molecule has 0 fully saturated rings. The summed E-state index contributed by atoms with van der Waals surface area (Å²) in [5.74, 6) is 0.815. The van der Waals surface area contributed by atoms with Crippen LogP contribution in [0.4, 0.5) is 21.7 Å². The summed E-state index contributed by atoms with van der Waals surface area (Å²) in [4.78, 5) is 9.83. The van der Waals surface area contributed by atoms with E-state index in [4.69, 9.17) is 5.73 Å². The summed E-state index contributed by atoms with van der Waals surface area (Å²) >= 11 is 0. The van der Waals surface area contributed by atoms with E-state index >= 15 is 0 Å². The maximum atomic E-state index is 13.1. The number of benzene rings is 1. The van der Waals surface area contributed by atoms with Crippen molar-refractivity contribution in [2.24, 2.45) is 0 Å². The number of rotatable bonds is 2. The minimum atomic E-state index is -0.283. The minimum Gasteiger partial charge on any atom is -0.383 e. The zero-order valence-corrected chi connectivity index (χ0v) is 9.68. The van der Waals surface area contributed by atoms with Gasteiger partial charge in [0.1, 0.15) is 23.8 Å². The predicted molar refractivity (Wildman–Crippen MR) is 65.6 cm³/mol. The van der Waals surface area contributed by atoms with Crippen LogP contribution in [0.2, 0.25) is 0 Å². The Labute approximate surface area is 98.9 Å². The van der Waals surface area contributed by atoms with Gasteiger partial charge in [0.25, 0.3) is 0 Å². The molecule has 0 aliphatic rings. The van der Waals surface area contributed by atoms with Crippen molar-refractivity contribution in [3.8, 4) is 0 Å². The topological polar surface area (TPSA) is 55.0 Å². The molecule has 0 saturated carbocycles. The Kier molecular flexibility index (Phi) is 2.91.